The molecule has 1 aromatic rings. The van der Waals surface area contributed by atoms with E-state index >= 15 is 0 Å². The lowest BCUT2D eigenvalue weighted by atomic mass is 9.96. The predicted octanol–water partition coefficient (Wildman–Crippen LogP) is 3.14. The minimum Gasteiger partial charge on any atom is -0.387 e. The largest absolute Gasteiger partial charge is 0.387 e. The zero-order valence-electron chi connectivity index (χ0n) is 15.0. The van der Waals surface area contributed by atoms with Crippen LogP contribution < -0.4 is 4.90 Å². The normalized spacial score (nSPS) is 23.0. The zero-order valence-corrected chi connectivity index (χ0v) is 15.0. The number of hydrogen-bond donors (Lipinski definition) is 1. The van der Waals surface area contributed by atoms with Crippen molar-refractivity contribution < 1.29 is 9.90 Å². The van der Waals surface area contributed by atoms with E-state index in [4.69, 9.17) is 0 Å². The number of β-amino-alcohol motifs (C(OH)–C–C–N with tert-alkyl or cyclic N) is 1. The molecule has 1 aromatic carbocycles. The number of piperidine rings is 1. The van der Waals surface area contributed by atoms with Crippen LogP contribution >= 0.6 is 0 Å². The van der Waals surface area contributed by atoms with Crippen LogP contribution in [0.3, 0.4) is 0 Å². The van der Waals surface area contributed by atoms with Crippen molar-refractivity contribution in [1.29, 1.82) is 0 Å². The molecule has 24 heavy (non-hydrogen) atoms. The number of aryl methyl sites for hydroxylation is 1. The predicted molar refractivity (Wildman–Crippen MR) is 97.2 cm³/mol. The molecule has 4 heteroatoms. The van der Waals surface area contributed by atoms with Gasteiger partial charge in [0, 0.05) is 31.7 Å². The summed E-state index contributed by atoms with van der Waals surface area (Å²) >= 11 is 0. The molecule has 1 N–H and O–H groups in total. The van der Waals surface area contributed by atoms with Gasteiger partial charge in [-0.1, -0.05) is 26.0 Å². The highest BCUT2D eigenvalue weighted by molar-refractivity contribution is 5.94. The Morgan fingerprint density at radius 3 is 2.92 bits per heavy atom. The molecule has 1 amide bonds. The summed E-state index contributed by atoms with van der Waals surface area (Å²) in [7, 11) is 0. The number of aliphatic hydroxyl groups excluding tert-OH is 1. The number of carbonyl (C=O) groups is 1. The first kappa shape index (κ1) is 17.4. The van der Waals surface area contributed by atoms with Crippen LogP contribution in [-0.4, -0.2) is 42.1 Å². The van der Waals surface area contributed by atoms with Crippen LogP contribution in [0.25, 0.3) is 0 Å². The van der Waals surface area contributed by atoms with E-state index in [1.54, 1.807) is 0 Å². The van der Waals surface area contributed by atoms with E-state index in [-0.39, 0.29) is 5.91 Å². The van der Waals surface area contributed by atoms with Gasteiger partial charge in [-0.15, -0.1) is 0 Å². The fraction of sp³-hybridized carbons (Fsp3) is 0.650. The number of aliphatic hydroxyl groups is 1. The van der Waals surface area contributed by atoms with Crippen LogP contribution in [-0.2, 0) is 11.2 Å². The van der Waals surface area contributed by atoms with Crippen LogP contribution in [0.5, 0.6) is 0 Å². The number of rotatable bonds is 4. The summed E-state index contributed by atoms with van der Waals surface area (Å²) in [4.78, 5) is 16.4. The second-order valence-corrected chi connectivity index (χ2v) is 7.41. The lowest BCUT2D eigenvalue weighted by Crippen LogP contribution is -2.37. The number of benzene rings is 1. The van der Waals surface area contributed by atoms with Gasteiger partial charge in [-0.3, -0.25) is 4.79 Å². The van der Waals surface area contributed by atoms with E-state index in [1.807, 2.05) is 24.0 Å². The van der Waals surface area contributed by atoms with Crippen LogP contribution in [0.4, 0.5) is 5.69 Å². The molecule has 1 saturated heterocycles. The third-order valence-corrected chi connectivity index (χ3v) is 5.38. The van der Waals surface area contributed by atoms with Gasteiger partial charge in [-0.05, 0) is 55.3 Å². The van der Waals surface area contributed by atoms with Gasteiger partial charge < -0.3 is 14.9 Å². The van der Waals surface area contributed by atoms with E-state index in [0.29, 0.717) is 13.0 Å². The number of nitrogens with zero attached hydrogens (tertiary/aromatic N) is 2. The first-order valence-corrected chi connectivity index (χ1v) is 9.42. The van der Waals surface area contributed by atoms with Gasteiger partial charge in [0.1, 0.15) is 0 Å². The molecule has 0 bridgehead atoms. The SMILES string of the molecule is CCC(=O)N1CCCc2cc(C(O)CN3CCCC(C)C3)ccc21. The molecular weight excluding hydrogens is 300 g/mol. The van der Waals surface area contributed by atoms with Gasteiger partial charge in [0.15, 0.2) is 0 Å². The fourth-order valence-electron chi connectivity index (χ4n) is 4.08. The number of likely N-dealkylation sites (tertiary alicyclic amines) is 1. The van der Waals surface area contributed by atoms with Crippen molar-refractivity contribution in [2.75, 3.05) is 31.1 Å². The molecule has 1 fully saturated rings. The van der Waals surface area contributed by atoms with Crippen molar-refractivity contribution in [2.24, 2.45) is 5.92 Å². The number of anilines is 1. The summed E-state index contributed by atoms with van der Waals surface area (Å²) in [6, 6.07) is 6.14. The Hall–Kier alpha value is -1.39. The average molecular weight is 330 g/mol. The number of amides is 1. The highest BCUT2D eigenvalue weighted by Gasteiger charge is 2.24. The average Bonchev–Trinajstić information content (AvgIpc) is 2.60. The van der Waals surface area contributed by atoms with Crippen molar-refractivity contribution in [3.8, 4) is 0 Å². The first-order chi connectivity index (χ1) is 11.6. The van der Waals surface area contributed by atoms with E-state index in [2.05, 4.69) is 17.9 Å². The van der Waals surface area contributed by atoms with E-state index in [1.165, 1.54) is 18.4 Å². The molecule has 0 spiro atoms. The Balaban J connectivity index is 1.72. The highest BCUT2D eigenvalue weighted by Crippen LogP contribution is 2.31. The molecule has 0 aromatic heterocycles. The van der Waals surface area contributed by atoms with Gasteiger partial charge in [0.2, 0.25) is 5.91 Å². The maximum Gasteiger partial charge on any atom is 0.226 e. The molecule has 0 radical (unpaired) electrons. The smallest absolute Gasteiger partial charge is 0.226 e. The second kappa shape index (κ2) is 7.66. The molecule has 4 nitrogen and oxygen atoms in total. The fourth-order valence-corrected chi connectivity index (χ4v) is 4.08. The maximum absolute atomic E-state index is 12.1. The molecule has 2 aliphatic heterocycles. The van der Waals surface area contributed by atoms with Gasteiger partial charge in [0.25, 0.3) is 0 Å². The lowest BCUT2D eigenvalue weighted by molar-refractivity contribution is -0.118. The Labute approximate surface area is 145 Å². The second-order valence-electron chi connectivity index (χ2n) is 7.41. The van der Waals surface area contributed by atoms with E-state index < -0.39 is 6.10 Å². The molecule has 3 rings (SSSR count). The molecule has 2 aliphatic rings. The topological polar surface area (TPSA) is 43.8 Å². The number of fused-ring (bicyclic) bond motifs is 1. The standard InChI is InChI=1S/C20H30N2O2/c1-3-20(24)22-11-5-7-16-12-17(8-9-18(16)22)19(23)14-21-10-4-6-15(2)13-21/h8-9,12,15,19,23H,3-7,10-11,13-14H2,1-2H3. The summed E-state index contributed by atoms with van der Waals surface area (Å²) in [5.74, 6) is 0.912. The highest BCUT2D eigenvalue weighted by atomic mass is 16.3. The van der Waals surface area contributed by atoms with Crippen LogP contribution in [0, 0.1) is 5.92 Å². The van der Waals surface area contributed by atoms with Gasteiger partial charge in [-0.2, -0.15) is 0 Å². The van der Waals surface area contributed by atoms with Gasteiger partial charge in [-0.25, -0.2) is 0 Å². The summed E-state index contributed by atoms with van der Waals surface area (Å²) < 4.78 is 0. The summed E-state index contributed by atoms with van der Waals surface area (Å²) in [5, 5.41) is 10.7. The Morgan fingerprint density at radius 1 is 1.33 bits per heavy atom. The van der Waals surface area contributed by atoms with Crippen molar-refractivity contribution in [1.82, 2.24) is 4.90 Å². The third kappa shape index (κ3) is 3.81. The molecular formula is C20H30N2O2. The summed E-state index contributed by atoms with van der Waals surface area (Å²) in [5.41, 5.74) is 3.22. The third-order valence-electron chi connectivity index (χ3n) is 5.38. The first-order valence-electron chi connectivity index (χ1n) is 9.42. The van der Waals surface area contributed by atoms with Gasteiger partial charge in [0.05, 0.1) is 6.10 Å². The molecule has 0 saturated carbocycles. The van der Waals surface area contributed by atoms with E-state index in [0.717, 1.165) is 49.6 Å². The lowest BCUT2D eigenvalue weighted by Gasteiger charge is -2.33. The van der Waals surface area contributed by atoms with Crippen molar-refractivity contribution in [3.63, 3.8) is 0 Å². The zero-order chi connectivity index (χ0) is 17.1. The molecule has 0 aliphatic carbocycles. The van der Waals surface area contributed by atoms with Gasteiger partial charge >= 0.3 is 0 Å². The summed E-state index contributed by atoms with van der Waals surface area (Å²) in [6.45, 7) is 7.89. The Morgan fingerprint density at radius 2 is 2.17 bits per heavy atom. The van der Waals surface area contributed by atoms with E-state index in [9.17, 15) is 9.90 Å². The Kier molecular flexibility index (Phi) is 5.57. The Bertz CT molecular complexity index is 587. The summed E-state index contributed by atoms with van der Waals surface area (Å²) in [6.07, 6.45) is 4.61. The van der Waals surface area contributed by atoms with Crippen LogP contribution in [0.15, 0.2) is 18.2 Å². The molecule has 2 unspecified atom stereocenters. The minimum atomic E-state index is -0.446. The van der Waals surface area contributed by atoms with Crippen molar-refractivity contribution in [3.05, 3.63) is 29.3 Å². The minimum absolute atomic E-state index is 0.187. The van der Waals surface area contributed by atoms with Crippen LogP contribution in [0.1, 0.15) is 56.8 Å². The monoisotopic (exact) mass is 330 g/mol. The quantitative estimate of drug-likeness (QED) is 0.922. The van der Waals surface area contributed by atoms with Crippen LogP contribution in [0.2, 0.25) is 0 Å². The van der Waals surface area contributed by atoms with Crippen molar-refractivity contribution >= 4 is 11.6 Å². The number of hydrogen-bond acceptors (Lipinski definition) is 3. The number of carbonyl (C=O) groups excluding carboxylic acids is 1. The molecule has 2 heterocycles. The van der Waals surface area contributed by atoms with Crippen molar-refractivity contribution in [2.45, 2.75) is 52.1 Å². The molecule has 132 valence electrons. The maximum atomic E-state index is 12.1. The molecule has 2 atom stereocenters.